The van der Waals surface area contributed by atoms with E-state index >= 15 is 0 Å². The van der Waals surface area contributed by atoms with E-state index < -0.39 is 0 Å². The molecule has 515 valence electrons. The molecule has 0 aliphatic rings. The SMILES string of the molecule is CCCCCCCCCCCCn1c(-c2ccccc2)[n+](C)c2ccccc21.CCCCCCCCCCCCn1c(-c2ccccc2)[n+](C)c2ccccc21.CCCCCCCCCCCCn1c(-c2ccccc2)[n+](C)c2ccccc21.[C-]#N.[C-]#N.[C-]#N.[C-]#N.[C-]#N.[C-]#N.[Fe+3]. The van der Waals surface area contributed by atoms with Gasteiger partial charge in [0.15, 0.2) is 33.1 Å². The average molecular weight is 1340 g/mol. The van der Waals surface area contributed by atoms with Crippen molar-refractivity contribution in [1.82, 2.24) is 13.7 Å². The molecule has 0 saturated carbocycles. The Balaban J connectivity index is 0.00000131. The fourth-order valence-corrected chi connectivity index (χ4v) is 12.9. The number of aryl methyl sites for hydroxylation is 6. The van der Waals surface area contributed by atoms with Gasteiger partial charge in [-0.05, 0) is 111 Å². The molecule has 0 amide bonds. The molecule has 0 fully saturated rings. The van der Waals surface area contributed by atoms with Crippen LogP contribution in [0.4, 0.5) is 0 Å². The third kappa shape index (κ3) is 30.4. The minimum Gasteiger partial charge on any atom is -0.512 e. The van der Waals surface area contributed by atoms with Gasteiger partial charge in [0.2, 0.25) is 0 Å². The molecule has 9 aromatic rings. The Morgan fingerprint density at radius 1 is 0.237 bits per heavy atom. The van der Waals surface area contributed by atoms with Gasteiger partial charge in [-0.15, -0.1) is 0 Å². The maximum atomic E-state index is 6.25. The minimum atomic E-state index is 0. The molecule has 6 aromatic carbocycles. The van der Waals surface area contributed by atoms with Crippen LogP contribution in [-0.4, -0.2) is 13.7 Å². The van der Waals surface area contributed by atoms with E-state index in [0.29, 0.717) is 0 Å². The predicted molar refractivity (Wildman–Crippen MR) is 391 cm³/mol. The number of imidazole rings is 3. The Hall–Kier alpha value is -8.81. The van der Waals surface area contributed by atoms with Gasteiger partial charge in [0.1, 0.15) is 0 Å². The van der Waals surface area contributed by atoms with Crippen LogP contribution in [-0.2, 0) is 57.8 Å². The Labute approximate surface area is 597 Å². The zero-order valence-electron chi connectivity index (χ0n) is 59.6. The van der Waals surface area contributed by atoms with E-state index in [1.165, 1.54) is 260 Å². The van der Waals surface area contributed by atoms with Gasteiger partial charge in [0.05, 0.1) is 57.5 Å². The van der Waals surface area contributed by atoms with E-state index in [4.69, 9.17) is 71.0 Å². The number of rotatable bonds is 36. The second-order valence-corrected chi connectivity index (χ2v) is 24.2. The molecule has 12 nitrogen and oxygen atoms in total. The number of benzene rings is 6. The van der Waals surface area contributed by atoms with E-state index in [9.17, 15) is 0 Å². The third-order valence-electron chi connectivity index (χ3n) is 17.6. The van der Waals surface area contributed by atoms with E-state index in [0.717, 1.165) is 19.6 Å². The van der Waals surface area contributed by atoms with Crippen LogP contribution in [0, 0.1) is 71.0 Å². The Morgan fingerprint density at radius 2 is 0.402 bits per heavy atom. The summed E-state index contributed by atoms with van der Waals surface area (Å²) >= 11 is 0. The van der Waals surface area contributed by atoms with Crippen LogP contribution in [0.3, 0.4) is 0 Å². The fourth-order valence-electron chi connectivity index (χ4n) is 12.9. The van der Waals surface area contributed by atoms with Gasteiger partial charge in [-0.1, -0.05) is 266 Å². The summed E-state index contributed by atoms with van der Waals surface area (Å²) in [5, 5.41) is 37.5. The van der Waals surface area contributed by atoms with Crippen LogP contribution in [0.5, 0.6) is 0 Å². The maximum Gasteiger partial charge on any atom is 3.00 e. The molecule has 3 aromatic heterocycles. The Morgan fingerprint density at radius 3 is 0.598 bits per heavy atom. The normalized spacial score (nSPS) is 9.96. The summed E-state index contributed by atoms with van der Waals surface area (Å²) in [6, 6.07) is 58.8. The first-order valence-corrected chi connectivity index (χ1v) is 35.4. The number of nitrogens with zero attached hydrogens (tertiary/aromatic N) is 12. The van der Waals surface area contributed by atoms with Crippen LogP contribution in [0.1, 0.15) is 213 Å². The van der Waals surface area contributed by atoms with Crippen molar-refractivity contribution in [3.8, 4) is 34.2 Å². The van der Waals surface area contributed by atoms with Crippen molar-refractivity contribution in [2.45, 2.75) is 233 Å². The zero-order valence-corrected chi connectivity index (χ0v) is 60.7. The molecule has 13 heteroatoms. The van der Waals surface area contributed by atoms with Crippen LogP contribution in [0.25, 0.3) is 67.3 Å². The molecule has 0 bridgehead atoms. The maximum absolute atomic E-state index is 6.25. The summed E-state index contributed by atoms with van der Waals surface area (Å²) in [5.74, 6) is 3.95. The summed E-state index contributed by atoms with van der Waals surface area (Å²) in [4.78, 5) is 0. The molecule has 0 spiro atoms. The second kappa shape index (κ2) is 58.5. The molecule has 0 N–H and O–H groups in total. The van der Waals surface area contributed by atoms with Gasteiger partial charge in [-0.3, -0.25) is 0 Å². The Kier molecular flexibility index (Phi) is 53.2. The van der Waals surface area contributed by atoms with Gasteiger partial charge in [-0.25, -0.2) is 27.4 Å². The van der Waals surface area contributed by atoms with Crippen molar-refractivity contribution in [2.24, 2.45) is 21.1 Å². The molecule has 0 aliphatic heterocycles. The van der Waals surface area contributed by atoms with Crippen molar-refractivity contribution in [3.63, 3.8) is 0 Å². The van der Waals surface area contributed by atoms with Crippen LogP contribution in [0.15, 0.2) is 164 Å². The Bertz CT molecular complexity index is 3120. The minimum absolute atomic E-state index is 0. The first-order valence-electron chi connectivity index (χ1n) is 35.4. The molecule has 97 heavy (non-hydrogen) atoms. The fraction of sp³-hybridized carbons (Fsp3) is 0.464. The van der Waals surface area contributed by atoms with Crippen LogP contribution >= 0.6 is 0 Å². The molecule has 0 unspecified atom stereocenters. The summed E-state index contributed by atoms with van der Waals surface area (Å²) in [6.07, 6.45) is 41.5. The second-order valence-electron chi connectivity index (χ2n) is 24.2. The van der Waals surface area contributed by atoms with Gasteiger partial charge < -0.3 is 71.0 Å². The molecule has 3 heterocycles. The van der Waals surface area contributed by atoms with Crippen molar-refractivity contribution in [1.29, 1.82) is 31.6 Å². The van der Waals surface area contributed by atoms with Crippen molar-refractivity contribution in [2.75, 3.05) is 0 Å². The molecular formula is C84H111FeN12. The summed E-state index contributed by atoms with van der Waals surface area (Å²) in [5.41, 5.74) is 11.9. The molecule has 1 radical (unpaired) electrons. The standard InChI is InChI=1S/3C26H37N2.6CN.Fe/c3*1-3-4-5-6-7-8-9-10-11-17-22-28-25-21-16-15-20-24(25)27(2)26(28)23-18-13-12-14-19-23;6*1-2;/h3*12-16,18-21H,3-11,17,22H2,1-2H3;;;;;;;/q3*+1;6*-1;+3. The van der Waals surface area contributed by atoms with Gasteiger partial charge in [-0.2, -0.15) is 0 Å². The summed E-state index contributed by atoms with van der Waals surface area (Å²) < 4.78 is 14.6. The number of para-hydroxylation sites is 6. The number of hydrogen-bond donors (Lipinski definition) is 0. The summed E-state index contributed by atoms with van der Waals surface area (Å²) in [7, 11) is 6.58. The molecule has 9 rings (SSSR count). The van der Waals surface area contributed by atoms with E-state index in [1.807, 2.05) is 0 Å². The molecule has 0 saturated heterocycles. The van der Waals surface area contributed by atoms with Crippen molar-refractivity contribution >= 4 is 33.1 Å². The number of aromatic nitrogens is 6. The largest absolute Gasteiger partial charge is 3.00 e. The smallest absolute Gasteiger partial charge is 0.512 e. The van der Waals surface area contributed by atoms with Gasteiger partial charge >= 0.3 is 17.1 Å². The quantitative estimate of drug-likeness (QED) is 0.0164. The topological polar surface area (TPSA) is 169 Å². The number of unbranched alkanes of at least 4 members (excludes halogenated alkanes) is 27. The van der Waals surface area contributed by atoms with Crippen molar-refractivity contribution in [3.05, 3.63) is 203 Å². The van der Waals surface area contributed by atoms with Gasteiger partial charge in [0, 0.05) is 0 Å². The van der Waals surface area contributed by atoms with Crippen LogP contribution in [0.2, 0.25) is 0 Å². The predicted octanol–water partition coefficient (Wildman–Crippen LogP) is 21.7. The molecule has 0 atom stereocenters. The molecule has 0 aliphatic carbocycles. The zero-order chi connectivity index (χ0) is 70.8. The van der Waals surface area contributed by atoms with E-state index in [-0.39, 0.29) is 17.1 Å². The number of fused-ring (bicyclic) bond motifs is 3. The number of hydrogen-bond acceptors (Lipinski definition) is 6. The van der Waals surface area contributed by atoms with E-state index in [1.54, 1.807) is 0 Å². The summed E-state index contributed by atoms with van der Waals surface area (Å²) in [6.45, 7) is 38.7. The molecular weight excluding hydrogens is 1230 g/mol. The van der Waals surface area contributed by atoms with Gasteiger partial charge in [0.25, 0.3) is 17.5 Å². The van der Waals surface area contributed by atoms with Crippen molar-refractivity contribution < 1.29 is 30.8 Å². The monoisotopic (exact) mass is 1340 g/mol. The van der Waals surface area contributed by atoms with Crippen LogP contribution < -0.4 is 13.7 Å². The first-order chi connectivity index (χ1) is 47.5. The first kappa shape index (κ1) is 88.2. The third-order valence-corrected chi connectivity index (χ3v) is 17.6. The average Bonchev–Trinajstić information content (AvgIpc) is 1.64. The van der Waals surface area contributed by atoms with E-state index in [2.05, 4.69) is 233 Å².